The molecule has 11 nitrogen and oxygen atoms in total. The van der Waals surface area contributed by atoms with Crippen LogP contribution in [0.2, 0.25) is 0 Å². The molecule has 204 valence electrons. The number of aromatic nitrogens is 2. The van der Waals surface area contributed by atoms with Crippen molar-refractivity contribution in [2.24, 2.45) is 5.92 Å². The van der Waals surface area contributed by atoms with Crippen LogP contribution < -0.4 is 15.4 Å². The first-order valence-electron chi connectivity index (χ1n) is 11.4. The fourth-order valence-electron chi connectivity index (χ4n) is 3.92. The summed E-state index contributed by atoms with van der Waals surface area (Å²) >= 11 is 0.938. The van der Waals surface area contributed by atoms with Crippen molar-refractivity contribution in [2.75, 3.05) is 24.3 Å². The van der Waals surface area contributed by atoms with E-state index in [-0.39, 0.29) is 28.1 Å². The van der Waals surface area contributed by atoms with Gasteiger partial charge in [0.05, 0.1) is 13.2 Å². The van der Waals surface area contributed by atoms with Gasteiger partial charge in [0.2, 0.25) is 21.6 Å². The van der Waals surface area contributed by atoms with Gasteiger partial charge in [-0.1, -0.05) is 31.0 Å². The van der Waals surface area contributed by atoms with Gasteiger partial charge in [-0.05, 0) is 41.2 Å². The van der Waals surface area contributed by atoms with Crippen molar-refractivity contribution in [1.29, 1.82) is 0 Å². The van der Waals surface area contributed by atoms with Crippen LogP contribution >= 0.6 is 11.8 Å². The number of phenolic OH excluding ortho intramolecular Hbond substituents is 1. The number of halogens is 3. The lowest BCUT2D eigenvalue weighted by Crippen LogP contribution is -2.49. The average molecular weight is 566 g/mol. The van der Waals surface area contributed by atoms with Gasteiger partial charge in [0.15, 0.2) is 5.03 Å². The molecule has 1 heterocycles. The van der Waals surface area contributed by atoms with Crippen LogP contribution in [0.1, 0.15) is 42.6 Å². The molecule has 2 aromatic rings. The van der Waals surface area contributed by atoms with E-state index >= 15 is 0 Å². The third kappa shape index (κ3) is 7.82. The van der Waals surface area contributed by atoms with Crippen LogP contribution in [0, 0.1) is 5.92 Å². The zero-order valence-electron chi connectivity index (χ0n) is 19.5. The molecule has 4 N–H and O–H groups in total. The van der Waals surface area contributed by atoms with Gasteiger partial charge in [0, 0.05) is 17.5 Å². The molecular formula is C21H26F3N5O6S2. The topological polar surface area (TPSA) is 164 Å². The summed E-state index contributed by atoms with van der Waals surface area (Å²) in [6.45, 7) is -1.78. The molecule has 0 unspecified atom stereocenters. The van der Waals surface area contributed by atoms with E-state index < -0.39 is 58.2 Å². The third-order valence-corrected chi connectivity index (χ3v) is 7.99. The highest BCUT2D eigenvalue weighted by atomic mass is 32.2. The Morgan fingerprint density at radius 2 is 1.92 bits per heavy atom. The number of rotatable bonds is 12. The van der Waals surface area contributed by atoms with Crippen molar-refractivity contribution >= 4 is 39.3 Å². The van der Waals surface area contributed by atoms with Gasteiger partial charge in [0.1, 0.15) is 16.7 Å². The van der Waals surface area contributed by atoms with Gasteiger partial charge in [-0.2, -0.15) is 0 Å². The average Bonchev–Trinajstić information content (AvgIpc) is 3.34. The van der Waals surface area contributed by atoms with Crippen molar-refractivity contribution in [3.05, 3.63) is 23.9 Å². The zero-order chi connectivity index (χ0) is 27.0. The predicted molar refractivity (Wildman–Crippen MR) is 127 cm³/mol. The van der Waals surface area contributed by atoms with Crippen LogP contribution in [0.4, 0.5) is 18.9 Å². The van der Waals surface area contributed by atoms with E-state index in [9.17, 15) is 36.3 Å². The number of carbonyl (C=O) groups excluding carboxylic acids is 2. The molecule has 1 aromatic carbocycles. The number of aromatic hydroxyl groups is 1. The smallest absolute Gasteiger partial charge is 0.277 e. The molecule has 1 aliphatic carbocycles. The number of amides is 2. The maximum atomic E-state index is 13.2. The predicted octanol–water partition coefficient (Wildman–Crippen LogP) is 2.70. The Labute approximate surface area is 215 Å². The molecule has 1 saturated carbocycles. The Hall–Kier alpha value is -2.85. The van der Waals surface area contributed by atoms with E-state index in [1.165, 1.54) is 6.07 Å². The summed E-state index contributed by atoms with van der Waals surface area (Å²) in [5.41, 5.74) is -0.164. The fraction of sp³-hybridized carbons (Fsp3) is 0.524. The molecule has 0 saturated heterocycles. The highest BCUT2D eigenvalue weighted by Crippen LogP contribution is 2.30. The number of hydrogen-bond donors (Lipinski definition) is 4. The molecule has 1 aliphatic rings. The van der Waals surface area contributed by atoms with E-state index in [4.69, 9.17) is 0 Å². The Kier molecular flexibility index (Phi) is 10.2. The minimum absolute atomic E-state index is 0.0210. The van der Waals surface area contributed by atoms with Crippen LogP contribution in [0.25, 0.3) is 0 Å². The van der Waals surface area contributed by atoms with Gasteiger partial charge in [-0.3, -0.25) is 14.0 Å². The maximum Gasteiger partial charge on any atom is 0.277 e. The summed E-state index contributed by atoms with van der Waals surface area (Å²) < 4.78 is 67.9. The van der Waals surface area contributed by atoms with Crippen LogP contribution in [-0.4, -0.2) is 67.1 Å². The van der Waals surface area contributed by atoms with Gasteiger partial charge in [-0.25, -0.2) is 26.5 Å². The van der Waals surface area contributed by atoms with Crippen LogP contribution in [-0.2, 0) is 14.8 Å². The van der Waals surface area contributed by atoms with Crippen LogP contribution in [0.5, 0.6) is 5.75 Å². The zero-order valence-corrected chi connectivity index (χ0v) is 21.1. The number of anilines is 1. The summed E-state index contributed by atoms with van der Waals surface area (Å²) in [6.07, 6.45) is 1.10. The van der Waals surface area contributed by atoms with Gasteiger partial charge in [-0.15, -0.1) is 0 Å². The summed E-state index contributed by atoms with van der Waals surface area (Å²) in [7, 11) is -4.41. The molecule has 16 heteroatoms. The lowest BCUT2D eigenvalue weighted by molar-refractivity contribution is -0.119. The standard InChI is InChI=1S/C21H26F3N5O6S2/c22-8-9-36-21-18(28-35-29-21)20(32)27-17(12-4-2-1-3-5-12)19(31)26-13-6-7-15(14(30)10-13)37(33,34)25-11-16(23)24/h6-7,10,12,16-17,25,30H,1-5,8-9,11H2,(H,26,31)(H,27,32)/t17-/m0/s1. The van der Waals surface area contributed by atoms with Crippen molar-refractivity contribution in [1.82, 2.24) is 20.4 Å². The van der Waals surface area contributed by atoms with Crippen molar-refractivity contribution in [2.45, 2.75) is 54.5 Å². The largest absolute Gasteiger partial charge is 0.506 e. The molecule has 0 aliphatic heterocycles. The lowest BCUT2D eigenvalue weighted by atomic mass is 9.83. The monoisotopic (exact) mass is 565 g/mol. The molecule has 1 atom stereocenters. The Morgan fingerprint density at radius 3 is 2.57 bits per heavy atom. The second kappa shape index (κ2) is 13.1. The normalized spacial score (nSPS) is 15.5. The molecule has 1 aromatic heterocycles. The fourth-order valence-corrected chi connectivity index (χ4v) is 5.62. The SMILES string of the molecule is O=C(N[C@H](C(=O)Nc1ccc(S(=O)(=O)NCC(F)F)c(O)c1)C1CCCCC1)c1nonc1SCCF. The number of sulfonamides is 1. The number of nitrogens with one attached hydrogen (secondary N) is 3. The molecule has 0 spiro atoms. The second-order valence-electron chi connectivity index (χ2n) is 8.22. The molecule has 0 bridgehead atoms. The minimum atomic E-state index is -4.41. The molecule has 37 heavy (non-hydrogen) atoms. The van der Waals surface area contributed by atoms with Crippen molar-refractivity contribution in [3.63, 3.8) is 0 Å². The lowest BCUT2D eigenvalue weighted by Gasteiger charge is -2.30. The van der Waals surface area contributed by atoms with Gasteiger partial charge in [0.25, 0.3) is 12.3 Å². The third-order valence-electron chi connectivity index (χ3n) is 5.62. The number of alkyl halides is 3. The van der Waals surface area contributed by atoms with Crippen LogP contribution in [0.15, 0.2) is 32.7 Å². The first-order chi connectivity index (χ1) is 17.6. The molecule has 2 amide bonds. The summed E-state index contributed by atoms with van der Waals surface area (Å²) in [5, 5.41) is 22.6. The molecular weight excluding hydrogens is 539 g/mol. The minimum Gasteiger partial charge on any atom is -0.506 e. The van der Waals surface area contributed by atoms with E-state index in [2.05, 4.69) is 25.6 Å². The first kappa shape index (κ1) is 28.7. The number of phenols is 1. The second-order valence-corrected chi connectivity index (χ2v) is 11.0. The molecule has 0 radical (unpaired) electrons. The Balaban J connectivity index is 1.77. The van der Waals surface area contributed by atoms with E-state index in [0.717, 1.165) is 43.2 Å². The highest BCUT2D eigenvalue weighted by molar-refractivity contribution is 7.99. The molecule has 1 fully saturated rings. The van der Waals surface area contributed by atoms with E-state index in [1.807, 2.05) is 0 Å². The number of benzene rings is 1. The van der Waals surface area contributed by atoms with Crippen molar-refractivity contribution in [3.8, 4) is 5.75 Å². The summed E-state index contributed by atoms with van der Waals surface area (Å²) in [4.78, 5) is 25.5. The number of hydrogen-bond acceptors (Lipinski definition) is 9. The number of thioether (sulfide) groups is 1. The summed E-state index contributed by atoms with van der Waals surface area (Å²) in [6, 6.07) is 2.09. The highest BCUT2D eigenvalue weighted by Gasteiger charge is 2.33. The van der Waals surface area contributed by atoms with E-state index in [1.54, 1.807) is 4.72 Å². The Bertz CT molecular complexity index is 1190. The Morgan fingerprint density at radius 1 is 1.19 bits per heavy atom. The van der Waals surface area contributed by atoms with Crippen LogP contribution in [0.3, 0.4) is 0 Å². The van der Waals surface area contributed by atoms with E-state index in [0.29, 0.717) is 12.8 Å². The maximum absolute atomic E-state index is 13.2. The first-order valence-corrected chi connectivity index (χ1v) is 13.8. The van der Waals surface area contributed by atoms with Crippen molar-refractivity contribution < 1.29 is 40.9 Å². The van der Waals surface area contributed by atoms with Gasteiger partial charge < -0.3 is 15.7 Å². The number of nitrogens with zero attached hydrogens (tertiary/aromatic N) is 2. The quantitative estimate of drug-likeness (QED) is 0.283. The van der Waals surface area contributed by atoms with Gasteiger partial charge >= 0.3 is 0 Å². The number of carbonyl (C=O) groups is 2. The molecule has 3 rings (SSSR count). The summed E-state index contributed by atoms with van der Waals surface area (Å²) in [5.74, 6) is -2.30.